The number of hydrogen-bond donors (Lipinski definition) is 1. The third-order valence-corrected chi connectivity index (χ3v) is 4.83. The van der Waals surface area contributed by atoms with Crippen LogP contribution in [0.5, 0.6) is 0 Å². The first kappa shape index (κ1) is 14.8. The molecule has 2 heterocycles. The summed E-state index contributed by atoms with van der Waals surface area (Å²) in [5, 5.41) is 1.10. The first-order valence-electron chi connectivity index (χ1n) is 7.05. The average molecular weight is 283 g/mol. The minimum Gasteiger partial charge on any atom is -0.372 e. The Morgan fingerprint density at radius 3 is 2.84 bits per heavy atom. The van der Waals surface area contributed by atoms with Gasteiger partial charge in [-0.2, -0.15) is 0 Å². The van der Waals surface area contributed by atoms with Crippen LogP contribution in [0.15, 0.2) is 0 Å². The highest BCUT2D eigenvalue weighted by molar-refractivity contribution is 7.15. The molecule has 1 aromatic rings. The Bertz CT molecular complexity index is 430. The van der Waals surface area contributed by atoms with Gasteiger partial charge in [0, 0.05) is 24.5 Å². The van der Waals surface area contributed by atoms with Gasteiger partial charge in [-0.25, -0.2) is 4.98 Å². The monoisotopic (exact) mass is 283 g/mol. The zero-order valence-electron chi connectivity index (χ0n) is 12.4. The Hall–Kier alpha value is -0.650. The van der Waals surface area contributed by atoms with E-state index in [0.717, 1.165) is 31.2 Å². The van der Waals surface area contributed by atoms with E-state index in [9.17, 15) is 0 Å². The van der Waals surface area contributed by atoms with Crippen LogP contribution in [-0.4, -0.2) is 30.3 Å². The normalized spacial score (nSPS) is 20.6. The molecule has 4 nitrogen and oxygen atoms in total. The molecule has 1 atom stereocenters. The SMILES string of the molecule is CCC(C)c1nc(N2CCOC(C)(C)C2)sc1CN. The zero-order chi connectivity index (χ0) is 14.0. The van der Waals surface area contributed by atoms with Crippen molar-refractivity contribution < 1.29 is 4.74 Å². The van der Waals surface area contributed by atoms with Crippen molar-refractivity contribution >= 4 is 16.5 Å². The molecule has 0 aliphatic carbocycles. The summed E-state index contributed by atoms with van der Waals surface area (Å²) in [6.45, 7) is 11.8. The van der Waals surface area contributed by atoms with Crippen molar-refractivity contribution in [3.05, 3.63) is 10.6 Å². The lowest BCUT2D eigenvalue weighted by molar-refractivity contribution is -0.0277. The summed E-state index contributed by atoms with van der Waals surface area (Å²) in [7, 11) is 0. The van der Waals surface area contributed by atoms with Gasteiger partial charge >= 0.3 is 0 Å². The number of ether oxygens (including phenoxy) is 1. The largest absolute Gasteiger partial charge is 0.372 e. The van der Waals surface area contributed by atoms with Crippen molar-refractivity contribution in [1.29, 1.82) is 0 Å². The number of thiazole rings is 1. The molecular weight excluding hydrogens is 258 g/mol. The van der Waals surface area contributed by atoms with Crippen LogP contribution in [0.2, 0.25) is 0 Å². The van der Waals surface area contributed by atoms with E-state index in [1.54, 1.807) is 11.3 Å². The molecule has 2 rings (SSSR count). The molecule has 5 heteroatoms. The van der Waals surface area contributed by atoms with E-state index in [0.29, 0.717) is 12.5 Å². The van der Waals surface area contributed by atoms with Gasteiger partial charge < -0.3 is 15.4 Å². The fourth-order valence-electron chi connectivity index (χ4n) is 2.39. The van der Waals surface area contributed by atoms with Crippen LogP contribution < -0.4 is 10.6 Å². The second-order valence-electron chi connectivity index (χ2n) is 5.85. The third-order valence-electron chi connectivity index (χ3n) is 3.68. The van der Waals surface area contributed by atoms with Crippen molar-refractivity contribution in [2.24, 2.45) is 5.73 Å². The lowest BCUT2D eigenvalue weighted by Gasteiger charge is -2.38. The molecule has 1 aliphatic heterocycles. The van der Waals surface area contributed by atoms with Crippen molar-refractivity contribution in [3.8, 4) is 0 Å². The molecule has 1 unspecified atom stereocenters. The molecular formula is C14H25N3OS. The van der Waals surface area contributed by atoms with Gasteiger partial charge in [-0.3, -0.25) is 0 Å². The Morgan fingerprint density at radius 2 is 2.26 bits per heavy atom. The van der Waals surface area contributed by atoms with E-state index >= 15 is 0 Å². The molecule has 0 radical (unpaired) electrons. The second kappa shape index (κ2) is 5.77. The van der Waals surface area contributed by atoms with Crippen LogP contribution in [0, 0.1) is 0 Å². The van der Waals surface area contributed by atoms with Gasteiger partial charge in [0.1, 0.15) is 0 Å². The molecule has 0 bridgehead atoms. The maximum atomic E-state index is 5.87. The van der Waals surface area contributed by atoms with Gasteiger partial charge in [0.15, 0.2) is 5.13 Å². The number of hydrogen-bond acceptors (Lipinski definition) is 5. The summed E-state index contributed by atoms with van der Waals surface area (Å²) in [5.74, 6) is 0.484. The van der Waals surface area contributed by atoms with Gasteiger partial charge in [-0.15, -0.1) is 11.3 Å². The summed E-state index contributed by atoms with van der Waals surface area (Å²) in [6.07, 6.45) is 1.10. The number of nitrogens with zero attached hydrogens (tertiary/aromatic N) is 2. The number of aromatic nitrogens is 1. The van der Waals surface area contributed by atoms with Gasteiger partial charge in [0.05, 0.1) is 17.9 Å². The fraction of sp³-hybridized carbons (Fsp3) is 0.786. The van der Waals surface area contributed by atoms with E-state index in [4.69, 9.17) is 15.5 Å². The van der Waals surface area contributed by atoms with Crippen molar-refractivity contribution in [1.82, 2.24) is 4.98 Å². The lowest BCUT2D eigenvalue weighted by atomic mass is 10.0. The standard InChI is InChI=1S/C14H25N3OS/c1-5-10(2)12-11(8-15)19-13(16-12)17-6-7-18-14(3,4)9-17/h10H,5-9,15H2,1-4H3. The van der Waals surface area contributed by atoms with E-state index in [-0.39, 0.29) is 5.60 Å². The van der Waals surface area contributed by atoms with Crippen LogP contribution in [0.25, 0.3) is 0 Å². The summed E-state index contributed by atoms with van der Waals surface area (Å²) >= 11 is 1.74. The van der Waals surface area contributed by atoms with Crippen molar-refractivity contribution in [3.63, 3.8) is 0 Å². The highest BCUT2D eigenvalue weighted by Gasteiger charge is 2.29. The number of anilines is 1. The van der Waals surface area contributed by atoms with Gasteiger partial charge in [-0.05, 0) is 26.2 Å². The third kappa shape index (κ3) is 3.27. The molecule has 0 saturated carbocycles. The smallest absolute Gasteiger partial charge is 0.186 e. The number of nitrogens with two attached hydrogens (primary N) is 1. The molecule has 108 valence electrons. The quantitative estimate of drug-likeness (QED) is 0.923. The van der Waals surface area contributed by atoms with Gasteiger partial charge in [0.2, 0.25) is 0 Å². The Balaban J connectivity index is 2.23. The molecule has 0 amide bonds. The molecule has 1 fully saturated rings. The number of rotatable bonds is 4. The number of morpholine rings is 1. The van der Waals surface area contributed by atoms with E-state index in [1.807, 2.05) is 0 Å². The minimum absolute atomic E-state index is 0.0939. The summed E-state index contributed by atoms with van der Waals surface area (Å²) in [4.78, 5) is 8.41. The Morgan fingerprint density at radius 1 is 1.53 bits per heavy atom. The maximum Gasteiger partial charge on any atom is 0.186 e. The van der Waals surface area contributed by atoms with Crippen LogP contribution in [0.3, 0.4) is 0 Å². The Labute approximate surface area is 120 Å². The van der Waals surface area contributed by atoms with Crippen molar-refractivity contribution in [2.45, 2.75) is 52.2 Å². The van der Waals surface area contributed by atoms with E-state index in [1.165, 1.54) is 10.6 Å². The van der Waals surface area contributed by atoms with Crippen LogP contribution in [0.1, 0.15) is 50.6 Å². The Kier molecular flexibility index (Phi) is 4.48. The second-order valence-corrected chi connectivity index (χ2v) is 6.91. The van der Waals surface area contributed by atoms with Gasteiger partial charge in [0.25, 0.3) is 0 Å². The topological polar surface area (TPSA) is 51.4 Å². The molecule has 1 aromatic heterocycles. The summed E-state index contributed by atoms with van der Waals surface area (Å²) < 4.78 is 5.76. The van der Waals surface area contributed by atoms with Crippen molar-refractivity contribution in [2.75, 3.05) is 24.6 Å². The summed E-state index contributed by atoms with van der Waals surface area (Å²) in [6, 6.07) is 0. The van der Waals surface area contributed by atoms with Crippen LogP contribution in [0.4, 0.5) is 5.13 Å². The summed E-state index contributed by atoms with van der Waals surface area (Å²) in [5.41, 5.74) is 6.96. The first-order valence-corrected chi connectivity index (χ1v) is 7.87. The molecule has 2 N–H and O–H groups in total. The van der Waals surface area contributed by atoms with Crippen LogP contribution in [-0.2, 0) is 11.3 Å². The minimum atomic E-state index is -0.0939. The molecule has 19 heavy (non-hydrogen) atoms. The molecule has 1 saturated heterocycles. The zero-order valence-corrected chi connectivity index (χ0v) is 13.2. The van der Waals surface area contributed by atoms with Gasteiger partial charge in [-0.1, -0.05) is 13.8 Å². The lowest BCUT2D eigenvalue weighted by Crippen LogP contribution is -2.48. The average Bonchev–Trinajstić information content (AvgIpc) is 2.80. The maximum absolute atomic E-state index is 5.87. The highest BCUT2D eigenvalue weighted by atomic mass is 32.1. The molecule has 1 aliphatic rings. The molecule has 0 spiro atoms. The molecule has 0 aromatic carbocycles. The predicted molar refractivity (Wildman–Crippen MR) is 81.0 cm³/mol. The van der Waals surface area contributed by atoms with Crippen LogP contribution >= 0.6 is 11.3 Å². The fourth-order valence-corrected chi connectivity index (χ4v) is 3.47. The van der Waals surface area contributed by atoms with E-state index < -0.39 is 0 Å². The predicted octanol–water partition coefficient (Wildman–Crippen LogP) is 2.73. The first-order chi connectivity index (χ1) is 8.96. The van der Waals surface area contributed by atoms with E-state index in [2.05, 4.69) is 32.6 Å². The highest BCUT2D eigenvalue weighted by Crippen LogP contribution is 2.33.